The second kappa shape index (κ2) is 7.67. The molecule has 0 saturated heterocycles. The fourth-order valence-corrected chi connectivity index (χ4v) is 2.66. The van der Waals surface area contributed by atoms with Crippen LogP contribution in [0, 0.1) is 0 Å². The Labute approximate surface area is 118 Å². The lowest BCUT2D eigenvalue weighted by Gasteiger charge is -2.18. The molecule has 0 aliphatic carbocycles. The topological polar surface area (TPSA) is 32.3 Å². The summed E-state index contributed by atoms with van der Waals surface area (Å²) in [7, 11) is 3.97. The molecule has 0 aliphatic heterocycles. The molecule has 0 bridgehead atoms. The summed E-state index contributed by atoms with van der Waals surface area (Å²) in [6, 6.07) is 7.70. The summed E-state index contributed by atoms with van der Waals surface area (Å²) in [6.07, 6.45) is 0. The molecule has 0 aliphatic rings. The number of carbonyl (C=O) groups is 1. The molecule has 1 atom stereocenters. The maximum absolute atomic E-state index is 11.7. The van der Waals surface area contributed by atoms with Crippen LogP contribution in [0.2, 0.25) is 5.02 Å². The van der Waals surface area contributed by atoms with E-state index >= 15 is 0 Å². The number of hydrogen-bond donors (Lipinski definition) is 1. The fourth-order valence-electron chi connectivity index (χ4n) is 1.61. The number of nitrogens with one attached hydrogen (secondary N) is 1. The minimum atomic E-state index is 0.0364. The highest BCUT2D eigenvalue weighted by atomic mass is 35.5. The van der Waals surface area contributed by atoms with Gasteiger partial charge in [-0.25, -0.2) is 0 Å². The van der Waals surface area contributed by atoms with Gasteiger partial charge in [-0.05, 0) is 33.2 Å². The van der Waals surface area contributed by atoms with Gasteiger partial charge in [0.1, 0.15) is 0 Å². The van der Waals surface area contributed by atoms with E-state index in [0.717, 1.165) is 11.4 Å². The van der Waals surface area contributed by atoms with Crippen LogP contribution in [-0.4, -0.2) is 43.2 Å². The van der Waals surface area contributed by atoms with Gasteiger partial charge in [0.2, 0.25) is 5.91 Å². The molecule has 0 heterocycles. The quantitative estimate of drug-likeness (QED) is 0.816. The molecule has 0 aromatic heterocycles. The summed E-state index contributed by atoms with van der Waals surface area (Å²) in [4.78, 5) is 14.7. The first kappa shape index (κ1) is 15.3. The van der Waals surface area contributed by atoms with Gasteiger partial charge in [-0.1, -0.05) is 23.7 Å². The standard InChI is InChI=1S/C13H19ClN2OS/c1-10(8-16(2)3)15-13(17)9-18-12-7-5-4-6-11(12)14/h4-7,10H,8-9H2,1-3H3,(H,15,17)/t10-/m0/s1. The van der Waals surface area contributed by atoms with Crippen LogP contribution in [0.5, 0.6) is 0 Å². The lowest BCUT2D eigenvalue weighted by molar-refractivity contribution is -0.119. The molecular weight excluding hydrogens is 268 g/mol. The molecule has 0 fully saturated rings. The van der Waals surface area contributed by atoms with E-state index in [4.69, 9.17) is 11.6 Å². The van der Waals surface area contributed by atoms with Crippen molar-refractivity contribution in [2.75, 3.05) is 26.4 Å². The Bertz CT molecular complexity index is 398. The average molecular weight is 287 g/mol. The summed E-state index contributed by atoms with van der Waals surface area (Å²) in [5.74, 6) is 0.427. The highest BCUT2D eigenvalue weighted by Crippen LogP contribution is 2.26. The van der Waals surface area contributed by atoms with Crippen LogP contribution < -0.4 is 5.32 Å². The first-order valence-corrected chi connectivity index (χ1v) is 7.17. The molecule has 3 nitrogen and oxygen atoms in total. The van der Waals surface area contributed by atoms with Crippen LogP contribution in [0.3, 0.4) is 0 Å². The molecule has 0 unspecified atom stereocenters. The van der Waals surface area contributed by atoms with E-state index in [0.29, 0.717) is 10.8 Å². The van der Waals surface area contributed by atoms with Gasteiger partial charge in [0.25, 0.3) is 0 Å². The summed E-state index contributed by atoms with van der Waals surface area (Å²) < 4.78 is 0. The molecular formula is C13H19ClN2OS. The number of carbonyl (C=O) groups excluding carboxylic acids is 1. The fraction of sp³-hybridized carbons (Fsp3) is 0.462. The van der Waals surface area contributed by atoms with Crippen molar-refractivity contribution in [2.24, 2.45) is 0 Å². The van der Waals surface area contributed by atoms with Crippen molar-refractivity contribution in [3.8, 4) is 0 Å². The van der Waals surface area contributed by atoms with E-state index in [1.807, 2.05) is 50.2 Å². The second-order valence-corrected chi connectivity index (χ2v) is 5.87. The normalized spacial score (nSPS) is 12.5. The number of likely N-dealkylation sites (N-methyl/N-ethyl adjacent to an activating group) is 1. The Balaban J connectivity index is 2.35. The van der Waals surface area contributed by atoms with Crippen LogP contribution in [0.25, 0.3) is 0 Å². The van der Waals surface area contributed by atoms with Crippen molar-refractivity contribution in [3.63, 3.8) is 0 Å². The van der Waals surface area contributed by atoms with E-state index in [1.54, 1.807) is 0 Å². The number of hydrogen-bond acceptors (Lipinski definition) is 3. The molecule has 1 aromatic rings. The third-order valence-corrected chi connectivity index (χ3v) is 3.76. The van der Waals surface area contributed by atoms with Gasteiger partial charge in [-0.15, -0.1) is 11.8 Å². The summed E-state index contributed by atoms with van der Waals surface area (Å²) in [5, 5.41) is 3.65. The Kier molecular flexibility index (Phi) is 6.54. The van der Waals surface area contributed by atoms with Crippen LogP contribution in [-0.2, 0) is 4.79 Å². The van der Waals surface area contributed by atoms with E-state index in [9.17, 15) is 4.79 Å². The molecule has 0 spiro atoms. The van der Waals surface area contributed by atoms with Crippen LogP contribution in [0.1, 0.15) is 6.92 Å². The molecule has 0 radical (unpaired) electrons. The molecule has 5 heteroatoms. The molecule has 1 aromatic carbocycles. The number of nitrogens with zero attached hydrogens (tertiary/aromatic N) is 1. The van der Waals surface area contributed by atoms with Gasteiger partial charge in [-0.3, -0.25) is 4.79 Å². The van der Waals surface area contributed by atoms with Crippen LogP contribution in [0.4, 0.5) is 0 Å². The summed E-state index contributed by atoms with van der Waals surface area (Å²) in [5.41, 5.74) is 0. The third kappa shape index (κ3) is 5.76. The number of amides is 1. The highest BCUT2D eigenvalue weighted by Gasteiger charge is 2.09. The van der Waals surface area contributed by atoms with Gasteiger partial charge in [0.15, 0.2) is 0 Å². The van der Waals surface area contributed by atoms with Gasteiger partial charge in [0, 0.05) is 17.5 Å². The average Bonchev–Trinajstić information content (AvgIpc) is 2.26. The third-order valence-electron chi connectivity index (χ3n) is 2.24. The molecule has 1 rings (SSSR count). The van der Waals surface area contributed by atoms with Gasteiger partial charge in [0.05, 0.1) is 10.8 Å². The highest BCUT2D eigenvalue weighted by molar-refractivity contribution is 8.00. The van der Waals surface area contributed by atoms with Gasteiger partial charge >= 0.3 is 0 Å². The maximum atomic E-state index is 11.7. The smallest absolute Gasteiger partial charge is 0.230 e. The van der Waals surface area contributed by atoms with E-state index < -0.39 is 0 Å². The molecule has 1 amide bonds. The van der Waals surface area contributed by atoms with Gasteiger partial charge in [-0.2, -0.15) is 0 Å². The lowest BCUT2D eigenvalue weighted by Crippen LogP contribution is -2.40. The van der Waals surface area contributed by atoms with Crippen molar-refractivity contribution in [3.05, 3.63) is 29.3 Å². The Morgan fingerprint density at radius 2 is 2.11 bits per heavy atom. The van der Waals surface area contributed by atoms with Crippen molar-refractivity contribution in [1.82, 2.24) is 10.2 Å². The summed E-state index contributed by atoms with van der Waals surface area (Å²) in [6.45, 7) is 2.83. The minimum absolute atomic E-state index is 0.0364. The van der Waals surface area contributed by atoms with E-state index in [-0.39, 0.29) is 11.9 Å². The minimum Gasteiger partial charge on any atom is -0.352 e. The zero-order chi connectivity index (χ0) is 13.5. The summed E-state index contributed by atoms with van der Waals surface area (Å²) >= 11 is 7.48. The largest absolute Gasteiger partial charge is 0.352 e. The lowest BCUT2D eigenvalue weighted by atomic mass is 10.3. The van der Waals surface area contributed by atoms with Crippen molar-refractivity contribution >= 4 is 29.3 Å². The number of halogens is 1. The first-order valence-electron chi connectivity index (χ1n) is 5.80. The number of benzene rings is 1. The van der Waals surface area contributed by atoms with Crippen molar-refractivity contribution in [2.45, 2.75) is 17.9 Å². The van der Waals surface area contributed by atoms with E-state index in [2.05, 4.69) is 5.32 Å². The molecule has 0 saturated carbocycles. The predicted molar refractivity (Wildman–Crippen MR) is 78.3 cm³/mol. The van der Waals surface area contributed by atoms with Crippen molar-refractivity contribution in [1.29, 1.82) is 0 Å². The Hall–Kier alpha value is -0.710. The number of thioether (sulfide) groups is 1. The zero-order valence-corrected chi connectivity index (χ0v) is 12.5. The van der Waals surface area contributed by atoms with E-state index in [1.165, 1.54) is 11.8 Å². The van der Waals surface area contributed by atoms with Crippen molar-refractivity contribution < 1.29 is 4.79 Å². The SMILES string of the molecule is C[C@@H](CN(C)C)NC(=O)CSc1ccccc1Cl. The second-order valence-electron chi connectivity index (χ2n) is 4.45. The van der Waals surface area contributed by atoms with Crippen LogP contribution >= 0.6 is 23.4 Å². The molecule has 1 N–H and O–H groups in total. The van der Waals surface area contributed by atoms with Gasteiger partial charge < -0.3 is 10.2 Å². The molecule has 100 valence electrons. The predicted octanol–water partition coefficient (Wildman–Crippen LogP) is 2.50. The number of rotatable bonds is 6. The Morgan fingerprint density at radius 3 is 2.72 bits per heavy atom. The molecule has 18 heavy (non-hydrogen) atoms. The monoisotopic (exact) mass is 286 g/mol. The zero-order valence-electron chi connectivity index (χ0n) is 10.9. The maximum Gasteiger partial charge on any atom is 0.230 e. The Morgan fingerprint density at radius 1 is 1.44 bits per heavy atom. The van der Waals surface area contributed by atoms with Crippen LogP contribution in [0.15, 0.2) is 29.2 Å². The first-order chi connectivity index (χ1) is 8.49.